The molecular weight excluding hydrogens is 318 g/mol. The SMILES string of the molecule is Cn1nc(-c2ccccc2)cc1S(=O)(=O)NC1(C(=O)O)CCC1. The van der Waals surface area contributed by atoms with Crippen molar-refractivity contribution in [1.82, 2.24) is 14.5 Å². The number of aliphatic carboxylic acids is 1. The van der Waals surface area contributed by atoms with Gasteiger partial charge in [0, 0.05) is 18.7 Å². The van der Waals surface area contributed by atoms with E-state index in [1.807, 2.05) is 30.3 Å². The lowest BCUT2D eigenvalue weighted by atomic mass is 9.78. The summed E-state index contributed by atoms with van der Waals surface area (Å²) >= 11 is 0. The Hall–Kier alpha value is -2.19. The summed E-state index contributed by atoms with van der Waals surface area (Å²) in [6.45, 7) is 0. The number of benzene rings is 1. The number of carbonyl (C=O) groups is 1. The van der Waals surface area contributed by atoms with Crippen LogP contribution in [-0.2, 0) is 21.9 Å². The summed E-state index contributed by atoms with van der Waals surface area (Å²) in [5, 5.41) is 13.5. The number of hydrogen-bond donors (Lipinski definition) is 2. The normalized spacial score (nSPS) is 16.7. The number of aromatic nitrogens is 2. The highest BCUT2D eigenvalue weighted by Crippen LogP contribution is 2.34. The Morgan fingerprint density at radius 2 is 1.96 bits per heavy atom. The minimum atomic E-state index is -3.97. The first-order valence-electron chi connectivity index (χ1n) is 7.21. The van der Waals surface area contributed by atoms with Gasteiger partial charge in [0.2, 0.25) is 0 Å². The summed E-state index contributed by atoms with van der Waals surface area (Å²) in [7, 11) is -2.45. The lowest BCUT2D eigenvalue weighted by molar-refractivity contribution is -0.147. The Balaban J connectivity index is 1.95. The third-order valence-electron chi connectivity index (χ3n) is 4.13. The van der Waals surface area contributed by atoms with Crippen LogP contribution >= 0.6 is 0 Å². The molecule has 1 aliphatic carbocycles. The molecule has 7 nitrogen and oxygen atoms in total. The monoisotopic (exact) mass is 335 g/mol. The molecule has 0 atom stereocenters. The maximum atomic E-state index is 12.6. The van der Waals surface area contributed by atoms with Gasteiger partial charge in [0.05, 0.1) is 5.69 Å². The van der Waals surface area contributed by atoms with Gasteiger partial charge < -0.3 is 5.11 Å². The van der Waals surface area contributed by atoms with Gasteiger partial charge in [0.15, 0.2) is 5.03 Å². The highest BCUT2D eigenvalue weighted by molar-refractivity contribution is 7.89. The van der Waals surface area contributed by atoms with Crippen LogP contribution in [0.3, 0.4) is 0 Å². The number of sulfonamides is 1. The summed E-state index contributed by atoms with van der Waals surface area (Å²) in [6, 6.07) is 10.6. The number of carboxylic acid groups (broad SMARTS) is 1. The molecule has 0 spiro atoms. The van der Waals surface area contributed by atoms with E-state index in [1.165, 1.54) is 17.8 Å². The predicted octanol–water partition coefficient (Wildman–Crippen LogP) is 1.37. The smallest absolute Gasteiger partial charge is 0.324 e. The van der Waals surface area contributed by atoms with Crippen LogP contribution in [0.4, 0.5) is 0 Å². The van der Waals surface area contributed by atoms with Gasteiger partial charge in [-0.25, -0.2) is 8.42 Å². The van der Waals surface area contributed by atoms with Crippen molar-refractivity contribution in [3.05, 3.63) is 36.4 Å². The minimum absolute atomic E-state index is 0.0520. The zero-order valence-electron chi connectivity index (χ0n) is 12.6. The molecule has 2 N–H and O–H groups in total. The minimum Gasteiger partial charge on any atom is -0.480 e. The molecule has 0 radical (unpaired) electrons. The van der Waals surface area contributed by atoms with Gasteiger partial charge in [-0.1, -0.05) is 30.3 Å². The molecule has 3 rings (SSSR count). The van der Waals surface area contributed by atoms with Crippen molar-refractivity contribution in [2.24, 2.45) is 7.05 Å². The van der Waals surface area contributed by atoms with Crippen LogP contribution in [0.1, 0.15) is 19.3 Å². The van der Waals surface area contributed by atoms with E-state index >= 15 is 0 Å². The van der Waals surface area contributed by atoms with Crippen molar-refractivity contribution < 1.29 is 18.3 Å². The number of nitrogens with one attached hydrogen (secondary N) is 1. The first kappa shape index (κ1) is 15.7. The number of rotatable bonds is 5. The highest BCUT2D eigenvalue weighted by atomic mass is 32.2. The molecular formula is C15H17N3O4S. The molecule has 122 valence electrons. The predicted molar refractivity (Wildman–Crippen MR) is 83.2 cm³/mol. The Morgan fingerprint density at radius 3 is 2.48 bits per heavy atom. The van der Waals surface area contributed by atoms with Crippen molar-refractivity contribution in [1.29, 1.82) is 0 Å². The molecule has 23 heavy (non-hydrogen) atoms. The van der Waals surface area contributed by atoms with Gasteiger partial charge in [-0.3, -0.25) is 9.48 Å². The Bertz CT molecular complexity index is 839. The van der Waals surface area contributed by atoms with Gasteiger partial charge in [-0.05, 0) is 19.3 Å². The largest absolute Gasteiger partial charge is 0.480 e. The molecule has 0 amide bonds. The van der Waals surface area contributed by atoms with E-state index in [4.69, 9.17) is 0 Å². The van der Waals surface area contributed by atoms with Crippen LogP contribution < -0.4 is 4.72 Å². The van der Waals surface area contributed by atoms with Crippen molar-refractivity contribution in [3.63, 3.8) is 0 Å². The fourth-order valence-electron chi connectivity index (χ4n) is 2.65. The average Bonchev–Trinajstić information content (AvgIpc) is 2.86. The van der Waals surface area contributed by atoms with E-state index in [0.717, 1.165) is 5.56 Å². The zero-order valence-corrected chi connectivity index (χ0v) is 13.4. The van der Waals surface area contributed by atoms with E-state index in [9.17, 15) is 18.3 Å². The Labute approximate surface area is 134 Å². The number of carboxylic acids is 1. The number of nitrogens with zero attached hydrogens (tertiary/aromatic N) is 2. The second-order valence-corrected chi connectivity index (χ2v) is 7.33. The van der Waals surface area contributed by atoms with Crippen LogP contribution in [-0.4, -0.2) is 34.8 Å². The van der Waals surface area contributed by atoms with E-state index in [1.54, 1.807) is 0 Å². The molecule has 1 aliphatic rings. The lowest BCUT2D eigenvalue weighted by Crippen LogP contribution is -2.59. The Morgan fingerprint density at radius 1 is 1.30 bits per heavy atom. The van der Waals surface area contributed by atoms with Crippen molar-refractivity contribution in [2.45, 2.75) is 29.8 Å². The van der Waals surface area contributed by atoms with Crippen LogP contribution in [0.5, 0.6) is 0 Å². The zero-order chi connectivity index (χ0) is 16.7. The summed E-state index contributed by atoms with van der Waals surface area (Å²) in [5.41, 5.74) is -0.0802. The molecule has 1 aromatic heterocycles. The number of hydrogen-bond acceptors (Lipinski definition) is 4. The van der Waals surface area contributed by atoms with Crippen LogP contribution in [0, 0.1) is 0 Å². The van der Waals surface area contributed by atoms with E-state index < -0.39 is 21.5 Å². The highest BCUT2D eigenvalue weighted by Gasteiger charge is 2.48. The fourth-order valence-corrected chi connectivity index (χ4v) is 4.22. The van der Waals surface area contributed by atoms with E-state index in [2.05, 4.69) is 9.82 Å². The van der Waals surface area contributed by atoms with Crippen molar-refractivity contribution >= 4 is 16.0 Å². The first-order chi connectivity index (χ1) is 10.8. The van der Waals surface area contributed by atoms with E-state index in [-0.39, 0.29) is 5.03 Å². The standard InChI is InChI=1S/C15H17N3O4S/c1-18-13(10-12(16-18)11-6-3-2-4-7-11)23(21,22)17-15(14(19)20)8-5-9-15/h2-4,6-7,10,17H,5,8-9H2,1H3,(H,19,20). The molecule has 1 fully saturated rings. The third kappa shape index (κ3) is 2.75. The van der Waals surface area contributed by atoms with Gasteiger partial charge >= 0.3 is 5.97 Å². The topological polar surface area (TPSA) is 101 Å². The van der Waals surface area contributed by atoms with Crippen LogP contribution in [0.15, 0.2) is 41.4 Å². The number of aryl methyl sites for hydroxylation is 1. The first-order valence-corrected chi connectivity index (χ1v) is 8.69. The van der Waals surface area contributed by atoms with Gasteiger partial charge in [0.25, 0.3) is 10.0 Å². The summed E-state index contributed by atoms with van der Waals surface area (Å²) < 4.78 is 28.7. The second kappa shape index (κ2) is 5.47. The molecule has 1 saturated carbocycles. The molecule has 8 heteroatoms. The van der Waals surface area contributed by atoms with Crippen LogP contribution in [0.2, 0.25) is 0 Å². The molecule has 2 aromatic rings. The maximum Gasteiger partial charge on any atom is 0.324 e. The molecule has 1 heterocycles. The molecule has 1 aromatic carbocycles. The summed E-state index contributed by atoms with van der Waals surface area (Å²) in [5.74, 6) is -1.14. The fraction of sp³-hybridized carbons (Fsp3) is 0.333. The molecule has 0 unspecified atom stereocenters. The van der Waals surface area contributed by atoms with Gasteiger partial charge in [0.1, 0.15) is 5.54 Å². The van der Waals surface area contributed by atoms with Gasteiger partial charge in [-0.15, -0.1) is 0 Å². The third-order valence-corrected chi connectivity index (χ3v) is 5.72. The lowest BCUT2D eigenvalue weighted by Gasteiger charge is -2.37. The quantitative estimate of drug-likeness (QED) is 0.859. The van der Waals surface area contributed by atoms with Crippen molar-refractivity contribution in [3.8, 4) is 11.3 Å². The van der Waals surface area contributed by atoms with Crippen LogP contribution in [0.25, 0.3) is 11.3 Å². The molecule has 0 saturated heterocycles. The second-order valence-electron chi connectivity index (χ2n) is 5.70. The molecule has 0 aliphatic heterocycles. The summed E-state index contributed by atoms with van der Waals surface area (Å²) in [4.78, 5) is 11.4. The molecule has 0 bridgehead atoms. The summed E-state index contributed by atoms with van der Waals surface area (Å²) in [6.07, 6.45) is 1.28. The van der Waals surface area contributed by atoms with E-state index in [0.29, 0.717) is 25.0 Å². The Kier molecular flexibility index (Phi) is 3.73. The average molecular weight is 335 g/mol. The maximum absolute atomic E-state index is 12.6. The van der Waals surface area contributed by atoms with Gasteiger partial charge in [-0.2, -0.15) is 9.82 Å². The van der Waals surface area contributed by atoms with Crippen molar-refractivity contribution in [2.75, 3.05) is 0 Å².